The SMILES string of the molecule is Cc1nn(CN(C)C2CCS(=O)(=O)C2)c(=S)n1Cc1ccccc1. The predicted octanol–water partition coefficient (Wildman–Crippen LogP) is 1.85. The molecule has 0 radical (unpaired) electrons. The minimum Gasteiger partial charge on any atom is -0.300 e. The van der Waals surface area contributed by atoms with Crippen molar-refractivity contribution >= 4 is 22.1 Å². The zero-order valence-corrected chi connectivity index (χ0v) is 15.6. The minimum atomic E-state index is -2.89. The summed E-state index contributed by atoms with van der Waals surface area (Å²) >= 11 is 5.57. The molecular formula is C16H22N4O2S2. The maximum atomic E-state index is 11.7. The molecule has 1 aromatic carbocycles. The van der Waals surface area contributed by atoms with E-state index >= 15 is 0 Å². The molecule has 2 aromatic rings. The number of hydrogen-bond donors (Lipinski definition) is 0. The molecule has 3 rings (SSSR count). The number of sulfone groups is 1. The van der Waals surface area contributed by atoms with Crippen LogP contribution in [0.15, 0.2) is 30.3 Å². The van der Waals surface area contributed by atoms with Crippen LogP contribution >= 0.6 is 12.2 Å². The molecule has 0 N–H and O–H groups in total. The molecule has 0 spiro atoms. The molecular weight excluding hydrogens is 344 g/mol. The Kier molecular flexibility index (Phi) is 4.89. The standard InChI is InChI=1S/C16H22N4O2S2/c1-13-17-20(12-18(2)15-8-9-24(21,22)11-15)16(23)19(13)10-14-6-4-3-5-7-14/h3-7,15H,8-12H2,1-2H3. The molecule has 1 fully saturated rings. The minimum absolute atomic E-state index is 0.0384. The number of hydrogen-bond acceptors (Lipinski definition) is 5. The van der Waals surface area contributed by atoms with E-state index in [1.165, 1.54) is 5.56 Å². The Hall–Kier alpha value is -1.51. The highest BCUT2D eigenvalue weighted by Crippen LogP contribution is 2.17. The first-order valence-electron chi connectivity index (χ1n) is 7.94. The molecule has 6 nitrogen and oxygen atoms in total. The molecule has 0 aliphatic carbocycles. The molecule has 1 unspecified atom stereocenters. The molecule has 1 atom stereocenters. The van der Waals surface area contributed by atoms with Crippen LogP contribution in [0.4, 0.5) is 0 Å². The first-order valence-corrected chi connectivity index (χ1v) is 10.2. The first-order chi connectivity index (χ1) is 11.4. The van der Waals surface area contributed by atoms with Crippen LogP contribution in [0.2, 0.25) is 0 Å². The summed E-state index contributed by atoms with van der Waals surface area (Å²) in [6.45, 7) is 3.13. The number of aryl methyl sites for hydroxylation is 1. The van der Waals surface area contributed by atoms with Gasteiger partial charge in [-0.3, -0.25) is 9.47 Å². The van der Waals surface area contributed by atoms with Gasteiger partial charge in [0.2, 0.25) is 0 Å². The van der Waals surface area contributed by atoms with Gasteiger partial charge < -0.3 is 0 Å². The van der Waals surface area contributed by atoms with Crippen LogP contribution in [0.25, 0.3) is 0 Å². The van der Waals surface area contributed by atoms with Crippen LogP contribution in [0.5, 0.6) is 0 Å². The van der Waals surface area contributed by atoms with Crippen LogP contribution < -0.4 is 0 Å². The predicted molar refractivity (Wildman–Crippen MR) is 96.2 cm³/mol. The van der Waals surface area contributed by atoms with Crippen molar-refractivity contribution in [2.45, 2.75) is 32.6 Å². The number of benzene rings is 1. The summed E-state index contributed by atoms with van der Waals surface area (Å²) in [4.78, 5) is 2.03. The average Bonchev–Trinajstić information content (AvgIpc) is 3.03. The van der Waals surface area contributed by atoms with Crippen LogP contribution in [0.3, 0.4) is 0 Å². The highest BCUT2D eigenvalue weighted by Gasteiger charge is 2.30. The molecule has 130 valence electrons. The number of rotatable bonds is 5. The summed E-state index contributed by atoms with van der Waals surface area (Å²) in [6, 6.07) is 10.2. The van der Waals surface area contributed by atoms with Crippen LogP contribution in [0.1, 0.15) is 17.8 Å². The fraction of sp³-hybridized carbons (Fsp3) is 0.500. The molecule has 1 aliphatic rings. The van der Waals surface area contributed by atoms with Crippen LogP contribution in [-0.2, 0) is 23.1 Å². The van der Waals surface area contributed by atoms with E-state index in [0.29, 0.717) is 24.4 Å². The van der Waals surface area contributed by atoms with Crippen molar-refractivity contribution in [3.8, 4) is 0 Å². The van der Waals surface area contributed by atoms with Crippen molar-refractivity contribution in [3.63, 3.8) is 0 Å². The fourth-order valence-corrected chi connectivity index (χ4v) is 5.14. The van der Waals surface area contributed by atoms with Crippen molar-refractivity contribution in [1.29, 1.82) is 0 Å². The van der Waals surface area contributed by atoms with Gasteiger partial charge in [-0.1, -0.05) is 30.3 Å². The average molecular weight is 367 g/mol. The lowest BCUT2D eigenvalue weighted by atomic mass is 10.2. The molecule has 24 heavy (non-hydrogen) atoms. The van der Waals surface area contributed by atoms with E-state index in [9.17, 15) is 8.42 Å². The van der Waals surface area contributed by atoms with Gasteiger partial charge in [0.25, 0.3) is 0 Å². The Morgan fingerprint density at radius 3 is 2.67 bits per heavy atom. The Morgan fingerprint density at radius 2 is 2.04 bits per heavy atom. The molecule has 1 aromatic heterocycles. The second-order valence-corrected chi connectivity index (χ2v) is 8.95. The van der Waals surface area contributed by atoms with E-state index in [0.717, 1.165) is 5.82 Å². The molecule has 2 heterocycles. The quantitative estimate of drug-likeness (QED) is 0.756. The third-order valence-corrected chi connectivity index (χ3v) is 6.66. The van der Waals surface area contributed by atoms with Gasteiger partial charge in [-0.25, -0.2) is 13.1 Å². The monoisotopic (exact) mass is 366 g/mol. The summed E-state index contributed by atoms with van der Waals surface area (Å²) < 4.78 is 27.7. The third kappa shape index (κ3) is 3.76. The van der Waals surface area contributed by atoms with Gasteiger partial charge in [-0.05, 0) is 38.2 Å². The maximum Gasteiger partial charge on any atom is 0.199 e. The van der Waals surface area contributed by atoms with Gasteiger partial charge in [0.15, 0.2) is 14.6 Å². The lowest BCUT2D eigenvalue weighted by Gasteiger charge is -2.22. The van der Waals surface area contributed by atoms with E-state index in [1.807, 2.05) is 41.6 Å². The molecule has 0 saturated carbocycles. The molecule has 1 aliphatic heterocycles. The second kappa shape index (κ2) is 6.78. The van der Waals surface area contributed by atoms with Gasteiger partial charge in [0.1, 0.15) is 5.82 Å². The van der Waals surface area contributed by atoms with Gasteiger partial charge in [-0.15, -0.1) is 0 Å². The summed E-state index contributed by atoms with van der Waals surface area (Å²) in [5, 5.41) is 4.54. The van der Waals surface area contributed by atoms with Gasteiger partial charge >= 0.3 is 0 Å². The Balaban J connectivity index is 1.76. The summed E-state index contributed by atoms with van der Waals surface area (Å²) in [5.41, 5.74) is 1.17. The van der Waals surface area contributed by atoms with Crippen LogP contribution in [0, 0.1) is 11.7 Å². The largest absolute Gasteiger partial charge is 0.300 e. The van der Waals surface area contributed by atoms with Crippen molar-refractivity contribution in [3.05, 3.63) is 46.5 Å². The van der Waals surface area contributed by atoms with E-state index in [4.69, 9.17) is 12.2 Å². The molecule has 1 saturated heterocycles. The van der Waals surface area contributed by atoms with Gasteiger partial charge in [-0.2, -0.15) is 5.10 Å². The van der Waals surface area contributed by atoms with Gasteiger partial charge in [0.05, 0.1) is 24.7 Å². The first kappa shape index (κ1) is 17.3. The van der Waals surface area contributed by atoms with E-state index < -0.39 is 9.84 Å². The maximum absolute atomic E-state index is 11.7. The Bertz CT molecular complexity index is 871. The van der Waals surface area contributed by atoms with Crippen LogP contribution in [-0.4, -0.2) is 52.3 Å². The smallest absolute Gasteiger partial charge is 0.199 e. The highest BCUT2D eigenvalue weighted by atomic mass is 32.2. The highest BCUT2D eigenvalue weighted by molar-refractivity contribution is 7.91. The van der Waals surface area contributed by atoms with E-state index in [2.05, 4.69) is 17.2 Å². The lowest BCUT2D eigenvalue weighted by Crippen LogP contribution is -2.34. The summed E-state index contributed by atoms with van der Waals surface area (Å²) in [6.07, 6.45) is 0.676. The van der Waals surface area contributed by atoms with Crippen molar-refractivity contribution < 1.29 is 8.42 Å². The molecule has 0 amide bonds. The molecule has 8 heteroatoms. The topological polar surface area (TPSA) is 60.1 Å². The second-order valence-electron chi connectivity index (χ2n) is 6.36. The van der Waals surface area contributed by atoms with Crippen molar-refractivity contribution in [2.24, 2.45) is 0 Å². The van der Waals surface area contributed by atoms with Gasteiger partial charge in [0, 0.05) is 6.04 Å². The number of nitrogens with zero attached hydrogens (tertiary/aromatic N) is 4. The normalized spacial score (nSPS) is 19.9. The zero-order chi connectivity index (χ0) is 17.3. The Morgan fingerprint density at radius 1 is 1.33 bits per heavy atom. The fourth-order valence-electron chi connectivity index (χ4n) is 3.04. The Labute approximate surface area is 147 Å². The van der Waals surface area contributed by atoms with Crippen molar-refractivity contribution in [1.82, 2.24) is 19.2 Å². The van der Waals surface area contributed by atoms with E-state index in [-0.39, 0.29) is 17.5 Å². The zero-order valence-electron chi connectivity index (χ0n) is 13.9. The van der Waals surface area contributed by atoms with Crippen molar-refractivity contribution in [2.75, 3.05) is 18.6 Å². The summed E-state index contributed by atoms with van der Waals surface area (Å²) in [5.74, 6) is 1.35. The van der Waals surface area contributed by atoms with E-state index in [1.54, 1.807) is 4.68 Å². The third-order valence-electron chi connectivity index (χ3n) is 4.48. The molecule has 0 bridgehead atoms. The summed E-state index contributed by atoms with van der Waals surface area (Å²) in [7, 11) is -0.960. The number of aromatic nitrogens is 3. The lowest BCUT2D eigenvalue weighted by molar-refractivity contribution is 0.196.